The van der Waals surface area contributed by atoms with E-state index < -0.39 is 0 Å². The van der Waals surface area contributed by atoms with Crippen LogP contribution in [0.15, 0.2) is 42.7 Å². The summed E-state index contributed by atoms with van der Waals surface area (Å²) in [5, 5.41) is 3.50. The molecule has 0 amide bonds. The van der Waals surface area contributed by atoms with Crippen LogP contribution >= 0.6 is 0 Å². The molecule has 1 saturated carbocycles. The standard InChI is InChI=1S/C17H20N2O2/c1-20-16-6-2-13(3-7-16)12-21-17-11-18-9-8-14(17)10-19-15-4-5-15/h2-3,6-9,11,15,19H,4-5,10,12H2,1H3. The lowest BCUT2D eigenvalue weighted by Crippen LogP contribution is -2.16. The molecule has 0 spiro atoms. The monoisotopic (exact) mass is 284 g/mol. The van der Waals surface area contributed by atoms with Gasteiger partial charge in [0.15, 0.2) is 0 Å². The van der Waals surface area contributed by atoms with Crippen LogP contribution in [0.1, 0.15) is 24.0 Å². The predicted molar refractivity (Wildman–Crippen MR) is 81.4 cm³/mol. The molecule has 0 atom stereocenters. The fourth-order valence-corrected chi connectivity index (χ4v) is 2.11. The van der Waals surface area contributed by atoms with E-state index in [9.17, 15) is 0 Å². The van der Waals surface area contributed by atoms with Crippen LogP contribution in [0, 0.1) is 0 Å². The largest absolute Gasteiger partial charge is 0.497 e. The predicted octanol–water partition coefficient (Wildman–Crippen LogP) is 2.92. The molecule has 3 rings (SSSR count). The molecule has 110 valence electrons. The third kappa shape index (κ3) is 3.95. The topological polar surface area (TPSA) is 43.4 Å². The molecule has 1 aromatic heterocycles. The van der Waals surface area contributed by atoms with Crippen molar-refractivity contribution in [2.24, 2.45) is 0 Å². The molecule has 1 N–H and O–H groups in total. The Morgan fingerprint density at radius 2 is 2.00 bits per heavy atom. The number of benzene rings is 1. The summed E-state index contributed by atoms with van der Waals surface area (Å²) in [6.45, 7) is 1.37. The van der Waals surface area contributed by atoms with E-state index in [4.69, 9.17) is 9.47 Å². The lowest BCUT2D eigenvalue weighted by Gasteiger charge is -2.11. The second-order valence-electron chi connectivity index (χ2n) is 5.28. The summed E-state index contributed by atoms with van der Waals surface area (Å²) in [5.74, 6) is 1.70. The van der Waals surface area contributed by atoms with Gasteiger partial charge in [0.2, 0.25) is 0 Å². The summed E-state index contributed by atoms with van der Waals surface area (Å²) in [7, 11) is 1.67. The van der Waals surface area contributed by atoms with Crippen molar-refractivity contribution < 1.29 is 9.47 Å². The SMILES string of the molecule is COc1ccc(COc2cnccc2CNC2CC2)cc1. The highest BCUT2D eigenvalue weighted by molar-refractivity contribution is 5.31. The summed E-state index contributed by atoms with van der Waals surface area (Å²) in [6, 6.07) is 10.6. The van der Waals surface area contributed by atoms with Gasteiger partial charge >= 0.3 is 0 Å². The highest BCUT2D eigenvalue weighted by atomic mass is 16.5. The van der Waals surface area contributed by atoms with Crippen molar-refractivity contribution in [2.45, 2.75) is 32.0 Å². The zero-order valence-electron chi connectivity index (χ0n) is 12.2. The van der Waals surface area contributed by atoms with E-state index in [2.05, 4.69) is 10.3 Å². The molecule has 1 heterocycles. The lowest BCUT2D eigenvalue weighted by molar-refractivity contribution is 0.300. The Morgan fingerprint density at radius 1 is 1.19 bits per heavy atom. The number of hydrogen-bond acceptors (Lipinski definition) is 4. The van der Waals surface area contributed by atoms with Gasteiger partial charge in [-0.3, -0.25) is 4.98 Å². The quantitative estimate of drug-likeness (QED) is 0.849. The number of hydrogen-bond donors (Lipinski definition) is 1. The Labute approximate surface area is 125 Å². The van der Waals surface area contributed by atoms with E-state index in [0.29, 0.717) is 12.6 Å². The van der Waals surface area contributed by atoms with E-state index in [1.807, 2.05) is 36.5 Å². The maximum absolute atomic E-state index is 5.91. The molecule has 1 aliphatic rings. The van der Waals surface area contributed by atoms with Crippen LogP contribution in [0.4, 0.5) is 0 Å². The van der Waals surface area contributed by atoms with E-state index >= 15 is 0 Å². The van der Waals surface area contributed by atoms with Gasteiger partial charge in [0.05, 0.1) is 13.3 Å². The second-order valence-corrected chi connectivity index (χ2v) is 5.28. The maximum Gasteiger partial charge on any atom is 0.142 e. The van der Waals surface area contributed by atoms with Crippen molar-refractivity contribution in [3.63, 3.8) is 0 Å². The molecule has 0 bridgehead atoms. The maximum atomic E-state index is 5.91. The van der Waals surface area contributed by atoms with Crippen LogP contribution in [-0.2, 0) is 13.2 Å². The Kier molecular flexibility index (Phi) is 4.36. The van der Waals surface area contributed by atoms with Gasteiger partial charge in [-0.2, -0.15) is 0 Å². The fourth-order valence-electron chi connectivity index (χ4n) is 2.11. The summed E-state index contributed by atoms with van der Waals surface area (Å²) in [5.41, 5.74) is 2.27. The molecule has 0 aliphatic heterocycles. The molecule has 2 aromatic rings. The van der Waals surface area contributed by atoms with Gasteiger partial charge in [-0.05, 0) is 36.6 Å². The minimum atomic E-state index is 0.534. The highest BCUT2D eigenvalue weighted by Crippen LogP contribution is 2.22. The summed E-state index contributed by atoms with van der Waals surface area (Å²) < 4.78 is 11.1. The van der Waals surface area contributed by atoms with Crippen LogP contribution in [0.25, 0.3) is 0 Å². The van der Waals surface area contributed by atoms with Crippen molar-refractivity contribution in [1.82, 2.24) is 10.3 Å². The molecule has 4 heteroatoms. The first kappa shape index (κ1) is 13.9. The van der Waals surface area contributed by atoms with E-state index in [0.717, 1.165) is 29.2 Å². The number of pyridine rings is 1. The Hall–Kier alpha value is -2.07. The third-order valence-electron chi connectivity index (χ3n) is 3.58. The number of methoxy groups -OCH3 is 1. The van der Waals surface area contributed by atoms with Crippen LogP contribution < -0.4 is 14.8 Å². The van der Waals surface area contributed by atoms with Crippen molar-refractivity contribution in [3.05, 3.63) is 53.9 Å². The van der Waals surface area contributed by atoms with E-state index in [1.165, 1.54) is 12.8 Å². The van der Waals surface area contributed by atoms with Crippen LogP contribution in [0.2, 0.25) is 0 Å². The van der Waals surface area contributed by atoms with Gasteiger partial charge in [-0.25, -0.2) is 0 Å². The number of rotatable bonds is 7. The molecule has 0 radical (unpaired) electrons. The third-order valence-corrected chi connectivity index (χ3v) is 3.58. The first-order chi connectivity index (χ1) is 10.3. The Bertz CT molecular complexity index is 580. The summed E-state index contributed by atoms with van der Waals surface area (Å²) >= 11 is 0. The van der Waals surface area contributed by atoms with Crippen molar-refractivity contribution in [2.75, 3.05) is 7.11 Å². The van der Waals surface area contributed by atoms with Crippen LogP contribution in [0.3, 0.4) is 0 Å². The fraction of sp³-hybridized carbons (Fsp3) is 0.353. The minimum Gasteiger partial charge on any atom is -0.497 e. The number of aromatic nitrogens is 1. The summed E-state index contributed by atoms with van der Waals surface area (Å²) in [4.78, 5) is 4.15. The van der Waals surface area contributed by atoms with Crippen molar-refractivity contribution in [1.29, 1.82) is 0 Å². The molecular formula is C17H20N2O2. The zero-order valence-corrected chi connectivity index (χ0v) is 12.2. The average molecular weight is 284 g/mol. The second kappa shape index (κ2) is 6.59. The Morgan fingerprint density at radius 3 is 2.71 bits per heavy atom. The van der Waals surface area contributed by atoms with Gasteiger partial charge in [-0.1, -0.05) is 12.1 Å². The molecule has 1 aromatic carbocycles. The first-order valence-electron chi connectivity index (χ1n) is 7.27. The number of ether oxygens (including phenoxy) is 2. The van der Waals surface area contributed by atoms with Crippen LogP contribution in [0.5, 0.6) is 11.5 Å². The Balaban J connectivity index is 1.60. The molecular weight excluding hydrogens is 264 g/mol. The zero-order chi connectivity index (χ0) is 14.5. The number of nitrogens with one attached hydrogen (secondary N) is 1. The van der Waals surface area contributed by atoms with Crippen LogP contribution in [-0.4, -0.2) is 18.1 Å². The van der Waals surface area contributed by atoms with Gasteiger partial charge < -0.3 is 14.8 Å². The number of nitrogens with zero attached hydrogens (tertiary/aromatic N) is 1. The van der Waals surface area contributed by atoms with Gasteiger partial charge in [-0.15, -0.1) is 0 Å². The van der Waals surface area contributed by atoms with Gasteiger partial charge in [0.1, 0.15) is 18.1 Å². The smallest absolute Gasteiger partial charge is 0.142 e. The average Bonchev–Trinajstić information content (AvgIpc) is 3.36. The van der Waals surface area contributed by atoms with E-state index in [1.54, 1.807) is 13.3 Å². The van der Waals surface area contributed by atoms with E-state index in [-0.39, 0.29) is 0 Å². The normalized spacial score (nSPS) is 14.0. The molecule has 0 saturated heterocycles. The molecule has 0 unspecified atom stereocenters. The highest BCUT2D eigenvalue weighted by Gasteiger charge is 2.20. The minimum absolute atomic E-state index is 0.534. The summed E-state index contributed by atoms with van der Waals surface area (Å²) in [6.07, 6.45) is 6.16. The molecule has 1 fully saturated rings. The molecule has 21 heavy (non-hydrogen) atoms. The lowest BCUT2D eigenvalue weighted by atomic mass is 10.2. The molecule has 1 aliphatic carbocycles. The van der Waals surface area contributed by atoms with Crippen molar-refractivity contribution in [3.8, 4) is 11.5 Å². The van der Waals surface area contributed by atoms with Crippen molar-refractivity contribution >= 4 is 0 Å². The van der Waals surface area contributed by atoms with Gasteiger partial charge in [0.25, 0.3) is 0 Å². The first-order valence-corrected chi connectivity index (χ1v) is 7.27. The molecule has 4 nitrogen and oxygen atoms in total. The van der Waals surface area contributed by atoms with Gasteiger partial charge in [0, 0.05) is 24.3 Å².